The molecule has 4 aromatic carbocycles. The summed E-state index contributed by atoms with van der Waals surface area (Å²) in [6.07, 6.45) is -5.44. The van der Waals surface area contributed by atoms with Gasteiger partial charge in [0.05, 0.1) is 86.1 Å². The van der Waals surface area contributed by atoms with Gasteiger partial charge in [-0.15, -0.1) is 0 Å². The van der Waals surface area contributed by atoms with Gasteiger partial charge < -0.3 is 76.6 Å². The minimum Gasteiger partial charge on any atom is -0.465 e. The maximum atomic E-state index is 12.8. The second kappa shape index (κ2) is 30.9. The Morgan fingerprint density at radius 1 is 0.510 bits per heavy atom. The van der Waals surface area contributed by atoms with Crippen molar-refractivity contribution in [1.82, 2.24) is 0 Å². The molecule has 18 nitrogen and oxygen atoms in total. The number of hydrogen-bond donors (Lipinski definition) is 4. The van der Waals surface area contributed by atoms with Crippen LogP contribution in [-0.2, 0) is 65.8 Å². The molecule has 0 bridgehead atoms. The van der Waals surface area contributed by atoms with E-state index in [9.17, 15) is 30.0 Å². The summed E-state index contributed by atoms with van der Waals surface area (Å²) in [7, 11) is -6.43. The molecule has 7 aliphatic rings. The first-order valence-corrected chi connectivity index (χ1v) is 38.5. The maximum absolute atomic E-state index is 12.8. The average molecular weight is 1370 g/mol. The predicted molar refractivity (Wildman–Crippen MR) is 371 cm³/mol. The first-order chi connectivity index (χ1) is 44.8. The minimum atomic E-state index is -3.23. The normalized spacial score (nSPS) is 31.6. The highest BCUT2D eigenvalue weighted by molar-refractivity contribution is 7.00. The van der Waals surface area contributed by atoms with Gasteiger partial charge in [0.15, 0.2) is 5.79 Å². The molecule has 0 amide bonds. The molecule has 18 atom stereocenters. The third kappa shape index (κ3) is 16.5. The second-order valence-electron chi connectivity index (χ2n) is 31.7. The lowest BCUT2D eigenvalue weighted by Crippen LogP contribution is -2.73. The first-order valence-electron chi connectivity index (χ1n) is 34.7. The van der Waals surface area contributed by atoms with Crippen molar-refractivity contribution in [3.05, 3.63) is 121 Å². The highest BCUT2D eigenvalue weighted by atomic mass is 28.4. The third-order valence-electron chi connectivity index (χ3n) is 20.0. The lowest BCUT2D eigenvalue weighted by atomic mass is 9.88. The van der Waals surface area contributed by atoms with Gasteiger partial charge in [-0.3, -0.25) is 9.59 Å². The molecule has 7 saturated heterocycles. The number of carbonyl (C=O) groups is 2. The molecular formula is C76H112O18Si2. The fraction of sp³-hybridized carbons (Fsp3) is 0.658. The highest BCUT2D eigenvalue weighted by Gasteiger charge is 2.65. The molecule has 7 aliphatic heterocycles. The van der Waals surface area contributed by atoms with E-state index < -0.39 is 119 Å². The molecule has 2 unspecified atom stereocenters. The van der Waals surface area contributed by atoms with Crippen molar-refractivity contribution in [2.24, 2.45) is 10.8 Å². The monoisotopic (exact) mass is 1370 g/mol. The summed E-state index contributed by atoms with van der Waals surface area (Å²) in [5, 5.41) is 47.2. The Balaban J connectivity index is 0.000000274. The van der Waals surface area contributed by atoms with Crippen LogP contribution < -0.4 is 20.7 Å². The van der Waals surface area contributed by atoms with Gasteiger partial charge in [-0.1, -0.05) is 170 Å². The summed E-state index contributed by atoms with van der Waals surface area (Å²) >= 11 is 0. The van der Waals surface area contributed by atoms with E-state index in [1.54, 1.807) is 0 Å². The molecule has 0 aliphatic carbocycles. The molecule has 0 aromatic heterocycles. The summed E-state index contributed by atoms with van der Waals surface area (Å²) in [6, 6.07) is 42.3. The van der Waals surface area contributed by atoms with E-state index >= 15 is 0 Å². The van der Waals surface area contributed by atoms with Crippen LogP contribution in [0.15, 0.2) is 121 Å². The van der Waals surface area contributed by atoms with Crippen LogP contribution in [0.3, 0.4) is 0 Å². The molecule has 4 N–H and O–H groups in total. The minimum absolute atomic E-state index is 0. The van der Waals surface area contributed by atoms with E-state index in [-0.39, 0.29) is 79.6 Å². The summed E-state index contributed by atoms with van der Waals surface area (Å²) in [6.45, 7) is 28.9. The van der Waals surface area contributed by atoms with E-state index in [2.05, 4.69) is 139 Å². The lowest BCUT2D eigenvalue weighted by Gasteiger charge is -2.53. The van der Waals surface area contributed by atoms with Crippen molar-refractivity contribution in [2.45, 2.75) is 281 Å². The van der Waals surface area contributed by atoms with E-state index in [4.69, 9.17) is 56.2 Å². The van der Waals surface area contributed by atoms with Crippen molar-refractivity contribution in [3.8, 4) is 0 Å². The number of aliphatic hydroxyl groups is 4. The zero-order valence-corrected chi connectivity index (χ0v) is 60.4. The van der Waals surface area contributed by atoms with Gasteiger partial charge in [-0.05, 0) is 112 Å². The van der Waals surface area contributed by atoms with Crippen molar-refractivity contribution in [2.75, 3.05) is 26.4 Å². The van der Waals surface area contributed by atoms with Crippen LogP contribution in [0.4, 0.5) is 0 Å². The molecular weight excluding hydrogens is 1260 g/mol. The Morgan fingerprint density at radius 2 is 0.906 bits per heavy atom. The molecule has 96 heavy (non-hydrogen) atoms. The SMILES string of the molecule is C.CC(C)(C)C(=O)OCCC1CC[C@@H]2O[C@@H]3[C@@H](O[C@H](C[C@@H](O)CO)[C@@H]3O[Si](c3ccccc3)(c3ccccc3)C(C)(C)C)[C@@H](O[Si](c3ccccc3)(c3ccccc3)C(C)(C)C)[C@H]2O1.CC1(C)OC[C@@H](C[C@H]2O[C@H]3[C@@H](O)[C@H]4OC(CCOC(=O)C(C)(C)C)CC[C@@H]4O[C@H]3[C@H]2O)O1. The van der Waals surface area contributed by atoms with Crippen molar-refractivity contribution >= 4 is 49.3 Å². The lowest BCUT2D eigenvalue weighted by molar-refractivity contribution is -0.260. The van der Waals surface area contributed by atoms with Crippen LogP contribution >= 0.6 is 0 Å². The molecule has 11 rings (SSSR count). The number of rotatable bonds is 19. The molecule has 7 fully saturated rings. The number of benzene rings is 4. The Bertz CT molecular complexity index is 3020. The van der Waals surface area contributed by atoms with Crippen LogP contribution in [0.1, 0.15) is 156 Å². The van der Waals surface area contributed by atoms with Gasteiger partial charge in [-0.2, -0.15) is 0 Å². The Kier molecular flexibility index (Phi) is 24.4. The van der Waals surface area contributed by atoms with Gasteiger partial charge >= 0.3 is 11.9 Å². The zero-order chi connectivity index (χ0) is 68.5. The van der Waals surface area contributed by atoms with Crippen LogP contribution in [-0.4, -0.2) is 191 Å². The smallest absolute Gasteiger partial charge is 0.311 e. The third-order valence-corrected chi connectivity index (χ3v) is 30.1. The first kappa shape index (κ1) is 75.9. The van der Waals surface area contributed by atoms with Crippen LogP contribution in [0.5, 0.6) is 0 Å². The fourth-order valence-corrected chi connectivity index (χ4v) is 24.6. The largest absolute Gasteiger partial charge is 0.465 e. The number of hydrogen-bond acceptors (Lipinski definition) is 18. The van der Waals surface area contributed by atoms with Gasteiger partial charge in [0.25, 0.3) is 16.6 Å². The molecule has 532 valence electrons. The van der Waals surface area contributed by atoms with Crippen LogP contribution in [0.25, 0.3) is 0 Å². The Hall–Kier alpha value is -4.31. The van der Waals surface area contributed by atoms with Gasteiger partial charge in [0, 0.05) is 25.7 Å². The second-order valence-corrected chi connectivity index (χ2v) is 40.2. The number of carbonyl (C=O) groups excluding carboxylic acids is 2. The number of fused-ring (bicyclic) bond motifs is 4. The molecule has 4 aromatic rings. The van der Waals surface area contributed by atoms with Crippen LogP contribution in [0.2, 0.25) is 10.1 Å². The Morgan fingerprint density at radius 3 is 1.32 bits per heavy atom. The molecule has 20 heteroatoms. The summed E-state index contributed by atoms with van der Waals surface area (Å²) in [5.74, 6) is -1.12. The van der Waals surface area contributed by atoms with Crippen LogP contribution in [0, 0.1) is 10.8 Å². The van der Waals surface area contributed by atoms with Gasteiger partial charge in [0.2, 0.25) is 0 Å². The Labute approximate surface area is 572 Å². The maximum Gasteiger partial charge on any atom is 0.311 e. The highest BCUT2D eigenvalue weighted by Crippen LogP contribution is 2.49. The fourth-order valence-electron chi connectivity index (χ4n) is 15.2. The van der Waals surface area contributed by atoms with E-state index in [0.717, 1.165) is 27.2 Å². The average Bonchev–Trinajstić information content (AvgIpc) is 1.41. The van der Waals surface area contributed by atoms with E-state index in [0.29, 0.717) is 45.1 Å². The van der Waals surface area contributed by atoms with Gasteiger partial charge in [-0.25, -0.2) is 0 Å². The summed E-state index contributed by atoms with van der Waals surface area (Å²) in [5.41, 5.74) is -1.14. The molecule has 0 saturated carbocycles. The standard InChI is InChI=1S/C52H70O9Si2.C23H38O9.CH4/c1-50(2,3)49(55)56-33-32-37-30-31-42-44(57-37)48(61-63(52(7,8)9,40-26-18-12-19-27-40)41-28-20-13-21-29-41)47-46(58-42)45(43(59-47)34-36(54)35-53)60-62(51(4,5)6,38-22-14-10-15-23-38)39-24-16-11-17-25-39;1-22(2,3)21(26)27-9-8-12-6-7-14-18(29-12)17(25)20-19(30-14)16(24)15(31-20)10-13-11-28-23(4,5)32-13;/h10-29,36-37,42-48,53-54H,30-35H2,1-9H3;12-20,24-25H,6-11H2,1-5H3;1H4/t36-,37?,42+,43-,44+,45+,46+,47-,48+;12?,13-,14+,15-,16+,17+,18+,19+,20+;/m11./s1. The van der Waals surface area contributed by atoms with Crippen molar-refractivity contribution < 1.29 is 86.2 Å². The summed E-state index contributed by atoms with van der Waals surface area (Å²) in [4.78, 5) is 24.7. The number of ether oxygens (including phenoxy) is 10. The quantitative estimate of drug-likeness (QED) is 0.0509. The number of esters is 2. The molecule has 7 heterocycles. The predicted octanol–water partition coefficient (Wildman–Crippen LogP) is 8.63. The van der Waals surface area contributed by atoms with Crippen molar-refractivity contribution in [3.63, 3.8) is 0 Å². The summed E-state index contributed by atoms with van der Waals surface area (Å²) < 4.78 is 78.7. The number of aliphatic hydroxyl groups excluding tert-OH is 4. The molecule has 0 radical (unpaired) electrons. The van der Waals surface area contributed by atoms with Gasteiger partial charge in [0.1, 0.15) is 61.0 Å². The van der Waals surface area contributed by atoms with E-state index in [1.165, 1.54) is 0 Å². The van der Waals surface area contributed by atoms with Crippen molar-refractivity contribution in [1.29, 1.82) is 0 Å². The topological polar surface area (TPSA) is 226 Å². The van der Waals surface area contributed by atoms with E-state index in [1.807, 2.05) is 79.7 Å². The zero-order valence-electron chi connectivity index (χ0n) is 58.4. The molecule has 0 spiro atoms.